The van der Waals surface area contributed by atoms with Gasteiger partial charge < -0.3 is 5.43 Å². The van der Waals surface area contributed by atoms with Crippen molar-refractivity contribution in [3.8, 4) is 0 Å². The molecule has 3 N–H and O–H groups in total. The SMILES string of the molecule is CCCCCCCCCCCCCCCCCCc1ccc(NN)c2ccccc12. The molecule has 0 aliphatic carbocycles. The van der Waals surface area contributed by atoms with Crippen molar-refractivity contribution in [3.05, 3.63) is 42.0 Å². The van der Waals surface area contributed by atoms with Crippen molar-refractivity contribution < 1.29 is 0 Å². The molecule has 2 heteroatoms. The van der Waals surface area contributed by atoms with Crippen molar-refractivity contribution in [2.75, 3.05) is 5.43 Å². The Labute approximate surface area is 186 Å². The van der Waals surface area contributed by atoms with E-state index in [-0.39, 0.29) is 0 Å². The van der Waals surface area contributed by atoms with Crippen LogP contribution in [-0.4, -0.2) is 0 Å². The molecule has 2 aromatic rings. The number of aryl methyl sites for hydroxylation is 1. The monoisotopic (exact) mass is 410 g/mol. The molecule has 2 rings (SSSR count). The molecule has 0 fully saturated rings. The number of fused-ring (bicyclic) bond motifs is 1. The summed E-state index contributed by atoms with van der Waals surface area (Å²) >= 11 is 0. The first-order valence-corrected chi connectivity index (χ1v) is 12.8. The van der Waals surface area contributed by atoms with Crippen LogP contribution in [0.5, 0.6) is 0 Å². The van der Waals surface area contributed by atoms with E-state index in [1.165, 1.54) is 125 Å². The summed E-state index contributed by atoms with van der Waals surface area (Å²) in [5.41, 5.74) is 5.29. The van der Waals surface area contributed by atoms with Crippen molar-refractivity contribution >= 4 is 16.5 Å². The molecular weight excluding hydrogens is 364 g/mol. The fraction of sp³-hybridized carbons (Fsp3) is 0.643. The van der Waals surface area contributed by atoms with Gasteiger partial charge in [0.25, 0.3) is 0 Å². The van der Waals surface area contributed by atoms with E-state index in [0.29, 0.717) is 0 Å². The molecular formula is C28H46N2. The van der Waals surface area contributed by atoms with E-state index >= 15 is 0 Å². The average Bonchev–Trinajstić information content (AvgIpc) is 2.78. The van der Waals surface area contributed by atoms with Crippen LogP contribution in [-0.2, 0) is 6.42 Å². The van der Waals surface area contributed by atoms with Gasteiger partial charge in [0.1, 0.15) is 0 Å². The van der Waals surface area contributed by atoms with E-state index in [9.17, 15) is 0 Å². The maximum absolute atomic E-state index is 5.66. The van der Waals surface area contributed by atoms with E-state index in [4.69, 9.17) is 5.84 Å². The van der Waals surface area contributed by atoms with E-state index in [1.54, 1.807) is 0 Å². The summed E-state index contributed by atoms with van der Waals surface area (Å²) in [6, 6.07) is 12.9. The van der Waals surface area contributed by atoms with Crippen LogP contribution in [0.15, 0.2) is 36.4 Å². The Morgan fingerprint density at radius 3 is 1.53 bits per heavy atom. The summed E-state index contributed by atoms with van der Waals surface area (Å²) < 4.78 is 0. The van der Waals surface area contributed by atoms with Gasteiger partial charge in [0.2, 0.25) is 0 Å². The summed E-state index contributed by atoms with van der Waals surface area (Å²) in [6.07, 6.45) is 23.9. The summed E-state index contributed by atoms with van der Waals surface area (Å²) in [6.45, 7) is 2.29. The zero-order valence-corrected chi connectivity index (χ0v) is 19.6. The van der Waals surface area contributed by atoms with Gasteiger partial charge in [-0.3, -0.25) is 5.84 Å². The van der Waals surface area contributed by atoms with Crippen LogP contribution in [0.4, 0.5) is 5.69 Å². The maximum atomic E-state index is 5.66. The number of hydrogen-bond donors (Lipinski definition) is 2. The van der Waals surface area contributed by atoms with Crippen molar-refractivity contribution in [1.82, 2.24) is 0 Å². The lowest BCUT2D eigenvalue weighted by molar-refractivity contribution is 0.529. The van der Waals surface area contributed by atoms with Crippen LogP contribution in [0, 0.1) is 0 Å². The van der Waals surface area contributed by atoms with Crippen LogP contribution < -0.4 is 11.3 Å². The molecule has 0 saturated carbocycles. The van der Waals surface area contributed by atoms with Gasteiger partial charge in [-0.05, 0) is 29.9 Å². The van der Waals surface area contributed by atoms with Gasteiger partial charge in [-0.15, -0.1) is 0 Å². The highest BCUT2D eigenvalue weighted by molar-refractivity contribution is 5.95. The lowest BCUT2D eigenvalue weighted by Crippen LogP contribution is -2.07. The summed E-state index contributed by atoms with van der Waals surface area (Å²) in [7, 11) is 0. The molecule has 0 unspecified atom stereocenters. The van der Waals surface area contributed by atoms with Crippen LogP contribution in [0.3, 0.4) is 0 Å². The summed E-state index contributed by atoms with van der Waals surface area (Å²) in [5.74, 6) is 5.66. The fourth-order valence-corrected chi connectivity index (χ4v) is 4.57. The van der Waals surface area contributed by atoms with Gasteiger partial charge >= 0.3 is 0 Å². The predicted octanol–water partition coefficient (Wildman–Crippen LogP) is 8.93. The lowest BCUT2D eigenvalue weighted by Gasteiger charge is -2.11. The highest BCUT2D eigenvalue weighted by Crippen LogP contribution is 2.27. The van der Waals surface area contributed by atoms with Crippen LogP contribution >= 0.6 is 0 Å². The molecule has 0 aromatic heterocycles. The van der Waals surface area contributed by atoms with Crippen molar-refractivity contribution in [1.29, 1.82) is 0 Å². The molecule has 30 heavy (non-hydrogen) atoms. The molecule has 0 radical (unpaired) electrons. The molecule has 0 heterocycles. The number of rotatable bonds is 18. The summed E-state index contributed by atoms with van der Waals surface area (Å²) in [4.78, 5) is 0. The molecule has 2 aromatic carbocycles. The third-order valence-corrected chi connectivity index (χ3v) is 6.47. The molecule has 0 atom stereocenters. The van der Waals surface area contributed by atoms with E-state index < -0.39 is 0 Å². The Morgan fingerprint density at radius 1 is 0.567 bits per heavy atom. The first-order chi connectivity index (χ1) is 14.9. The second kappa shape index (κ2) is 16.2. The number of anilines is 1. The molecule has 0 aliphatic heterocycles. The minimum atomic E-state index is 1.02. The largest absolute Gasteiger partial charge is 0.324 e. The quantitative estimate of drug-likeness (QED) is 0.146. The van der Waals surface area contributed by atoms with Gasteiger partial charge in [-0.1, -0.05) is 134 Å². The van der Waals surface area contributed by atoms with E-state index in [2.05, 4.69) is 48.7 Å². The number of unbranched alkanes of at least 4 members (excludes halogenated alkanes) is 15. The van der Waals surface area contributed by atoms with Gasteiger partial charge in [-0.25, -0.2) is 0 Å². The Morgan fingerprint density at radius 2 is 1.03 bits per heavy atom. The topological polar surface area (TPSA) is 38.0 Å². The fourth-order valence-electron chi connectivity index (χ4n) is 4.57. The molecule has 0 amide bonds. The van der Waals surface area contributed by atoms with Crippen LogP contribution in [0.1, 0.15) is 115 Å². The molecule has 0 aliphatic rings. The van der Waals surface area contributed by atoms with Crippen molar-refractivity contribution in [2.24, 2.45) is 5.84 Å². The van der Waals surface area contributed by atoms with Gasteiger partial charge in [-0.2, -0.15) is 0 Å². The number of nitrogen functional groups attached to an aromatic ring is 1. The minimum Gasteiger partial charge on any atom is -0.324 e. The van der Waals surface area contributed by atoms with Crippen molar-refractivity contribution in [3.63, 3.8) is 0 Å². The van der Waals surface area contributed by atoms with Gasteiger partial charge in [0.05, 0.1) is 5.69 Å². The van der Waals surface area contributed by atoms with Crippen LogP contribution in [0.2, 0.25) is 0 Å². The minimum absolute atomic E-state index is 1.02. The molecule has 0 saturated heterocycles. The normalized spacial score (nSPS) is 11.3. The predicted molar refractivity (Wildman–Crippen MR) is 135 cm³/mol. The Bertz CT molecular complexity index is 679. The number of nitrogens with two attached hydrogens (primary N) is 1. The molecule has 2 nitrogen and oxygen atoms in total. The standard InChI is InChI=1S/C28H46N2/c1-2-3-4-5-6-7-8-9-10-11-12-13-14-15-16-17-20-25-23-24-28(30-29)27-22-19-18-21-26(25)27/h18-19,21-24,30H,2-17,20,29H2,1H3. The second-order valence-electron chi connectivity index (χ2n) is 9.02. The van der Waals surface area contributed by atoms with Crippen molar-refractivity contribution in [2.45, 2.75) is 116 Å². The Balaban J connectivity index is 1.44. The number of benzene rings is 2. The first kappa shape index (κ1) is 24.7. The highest BCUT2D eigenvalue weighted by Gasteiger charge is 2.04. The van der Waals surface area contributed by atoms with E-state index in [0.717, 1.165) is 5.69 Å². The summed E-state index contributed by atoms with van der Waals surface area (Å²) in [5, 5.41) is 2.57. The van der Waals surface area contributed by atoms with E-state index in [1.807, 2.05) is 0 Å². The second-order valence-corrected chi connectivity index (χ2v) is 9.02. The number of hydrazine groups is 1. The zero-order chi connectivity index (χ0) is 21.3. The molecule has 0 bridgehead atoms. The third kappa shape index (κ3) is 9.51. The smallest absolute Gasteiger partial charge is 0.0563 e. The molecule has 168 valence electrons. The first-order valence-electron chi connectivity index (χ1n) is 12.8. The zero-order valence-electron chi connectivity index (χ0n) is 19.6. The van der Waals surface area contributed by atoms with Crippen LogP contribution in [0.25, 0.3) is 10.8 Å². The highest BCUT2D eigenvalue weighted by atomic mass is 15.2. The average molecular weight is 411 g/mol. The molecule has 0 spiro atoms. The van der Waals surface area contributed by atoms with Gasteiger partial charge in [0.15, 0.2) is 0 Å². The Hall–Kier alpha value is -1.54. The van der Waals surface area contributed by atoms with Gasteiger partial charge in [0, 0.05) is 5.39 Å². The third-order valence-electron chi connectivity index (χ3n) is 6.47. The number of nitrogens with one attached hydrogen (secondary N) is 1. The number of hydrogen-bond acceptors (Lipinski definition) is 2. The maximum Gasteiger partial charge on any atom is 0.0563 e. The lowest BCUT2D eigenvalue weighted by atomic mass is 9.98. The Kier molecular flexibility index (Phi) is 13.3.